The molecule has 2 aromatic rings. The van der Waals surface area contributed by atoms with Crippen LogP contribution in [0, 0.1) is 6.92 Å². The van der Waals surface area contributed by atoms with E-state index in [4.69, 9.17) is 39.5 Å². The third kappa shape index (κ3) is 4.53. The quantitative estimate of drug-likeness (QED) is 0.850. The van der Waals surface area contributed by atoms with Crippen molar-refractivity contribution in [3.05, 3.63) is 57.0 Å². The van der Waals surface area contributed by atoms with E-state index in [0.717, 1.165) is 5.56 Å². The smallest absolute Gasteiger partial charge is 0.262 e. The Bertz CT molecular complexity index is 651. The third-order valence-corrected chi connectivity index (χ3v) is 3.39. The summed E-state index contributed by atoms with van der Waals surface area (Å²) in [6.45, 7) is 1.74. The SMILES string of the molecule is Cc1cccc(NC(=O)COc2c(Cl)cc(Cl)cc2Cl)c1. The van der Waals surface area contributed by atoms with Crippen molar-refractivity contribution >= 4 is 46.4 Å². The first kappa shape index (κ1) is 16.0. The molecule has 3 nitrogen and oxygen atoms in total. The van der Waals surface area contributed by atoms with Gasteiger partial charge in [-0.05, 0) is 36.8 Å². The Kier molecular flexibility index (Phi) is 5.34. The van der Waals surface area contributed by atoms with E-state index in [0.29, 0.717) is 10.7 Å². The van der Waals surface area contributed by atoms with E-state index in [2.05, 4.69) is 5.32 Å². The van der Waals surface area contributed by atoms with Gasteiger partial charge >= 0.3 is 0 Å². The standard InChI is InChI=1S/C15H12Cl3NO2/c1-9-3-2-4-11(5-9)19-14(20)8-21-15-12(17)6-10(16)7-13(15)18/h2-7H,8H2,1H3,(H,19,20). The predicted molar refractivity (Wildman–Crippen MR) is 86.8 cm³/mol. The van der Waals surface area contributed by atoms with Crippen LogP contribution in [-0.2, 0) is 4.79 Å². The van der Waals surface area contributed by atoms with Gasteiger partial charge in [0.15, 0.2) is 12.4 Å². The van der Waals surface area contributed by atoms with Gasteiger partial charge in [-0.2, -0.15) is 0 Å². The third-order valence-electron chi connectivity index (χ3n) is 2.61. The normalized spacial score (nSPS) is 10.3. The monoisotopic (exact) mass is 343 g/mol. The van der Waals surface area contributed by atoms with Crippen LogP contribution in [0.5, 0.6) is 5.75 Å². The number of halogens is 3. The van der Waals surface area contributed by atoms with Crippen LogP contribution in [0.4, 0.5) is 5.69 Å². The highest BCUT2D eigenvalue weighted by atomic mass is 35.5. The van der Waals surface area contributed by atoms with Crippen LogP contribution in [0.15, 0.2) is 36.4 Å². The highest BCUT2D eigenvalue weighted by Crippen LogP contribution is 2.35. The lowest BCUT2D eigenvalue weighted by atomic mass is 10.2. The summed E-state index contributed by atoms with van der Waals surface area (Å²) in [5, 5.41) is 3.65. The molecule has 2 aromatic carbocycles. The second-order valence-corrected chi connectivity index (χ2v) is 5.66. The predicted octanol–water partition coefficient (Wildman–Crippen LogP) is 4.97. The lowest BCUT2D eigenvalue weighted by Crippen LogP contribution is -2.20. The molecular weight excluding hydrogens is 333 g/mol. The zero-order chi connectivity index (χ0) is 15.4. The number of ether oxygens (including phenoxy) is 1. The van der Waals surface area contributed by atoms with Crippen LogP contribution in [0.3, 0.4) is 0 Å². The highest BCUT2D eigenvalue weighted by Gasteiger charge is 2.11. The number of amides is 1. The summed E-state index contributed by atoms with van der Waals surface area (Å²) in [6, 6.07) is 10.5. The number of anilines is 1. The first-order chi connectivity index (χ1) is 9.95. The number of benzene rings is 2. The van der Waals surface area contributed by atoms with E-state index >= 15 is 0 Å². The van der Waals surface area contributed by atoms with Crippen LogP contribution >= 0.6 is 34.8 Å². The summed E-state index contributed by atoms with van der Waals surface area (Å²) >= 11 is 17.8. The number of hydrogen-bond donors (Lipinski definition) is 1. The first-order valence-corrected chi connectivity index (χ1v) is 7.23. The molecule has 0 aliphatic carbocycles. The molecule has 0 aliphatic rings. The van der Waals surface area contributed by atoms with Gasteiger partial charge in [-0.25, -0.2) is 0 Å². The van der Waals surface area contributed by atoms with Gasteiger partial charge in [0, 0.05) is 10.7 Å². The van der Waals surface area contributed by atoms with Gasteiger partial charge in [0.05, 0.1) is 10.0 Å². The fourth-order valence-electron chi connectivity index (χ4n) is 1.72. The van der Waals surface area contributed by atoms with E-state index in [-0.39, 0.29) is 28.3 Å². The van der Waals surface area contributed by atoms with Crippen molar-refractivity contribution < 1.29 is 9.53 Å². The average molecular weight is 345 g/mol. The summed E-state index contributed by atoms with van der Waals surface area (Å²) in [5.41, 5.74) is 1.76. The minimum Gasteiger partial charge on any atom is -0.481 e. The van der Waals surface area contributed by atoms with Crippen molar-refractivity contribution in [3.63, 3.8) is 0 Å². The molecule has 0 saturated heterocycles. The van der Waals surface area contributed by atoms with Crippen LogP contribution in [0.1, 0.15) is 5.56 Å². The fourth-order valence-corrected chi connectivity index (χ4v) is 2.65. The van der Waals surface area contributed by atoms with Crippen LogP contribution in [0.25, 0.3) is 0 Å². The van der Waals surface area contributed by atoms with Gasteiger partial charge in [0.2, 0.25) is 0 Å². The second-order valence-electron chi connectivity index (χ2n) is 4.40. The van der Waals surface area contributed by atoms with Gasteiger partial charge in [0.1, 0.15) is 0 Å². The van der Waals surface area contributed by atoms with Crippen molar-refractivity contribution in [2.75, 3.05) is 11.9 Å². The maximum atomic E-state index is 11.8. The number of carbonyl (C=O) groups is 1. The van der Waals surface area contributed by atoms with Crippen molar-refractivity contribution in [3.8, 4) is 5.75 Å². The molecule has 110 valence electrons. The number of rotatable bonds is 4. The molecule has 0 spiro atoms. The zero-order valence-electron chi connectivity index (χ0n) is 11.1. The molecule has 6 heteroatoms. The number of hydrogen-bond acceptors (Lipinski definition) is 2. The van der Waals surface area contributed by atoms with Crippen LogP contribution in [0.2, 0.25) is 15.1 Å². The minimum atomic E-state index is -0.303. The lowest BCUT2D eigenvalue weighted by Gasteiger charge is -2.11. The van der Waals surface area contributed by atoms with E-state index in [1.165, 1.54) is 12.1 Å². The lowest BCUT2D eigenvalue weighted by molar-refractivity contribution is -0.118. The van der Waals surface area contributed by atoms with Gasteiger partial charge in [0.25, 0.3) is 5.91 Å². The second kappa shape index (κ2) is 7.03. The minimum absolute atomic E-state index is 0.199. The van der Waals surface area contributed by atoms with Crippen LogP contribution in [-0.4, -0.2) is 12.5 Å². The maximum absolute atomic E-state index is 11.8. The largest absolute Gasteiger partial charge is 0.481 e. The molecule has 1 N–H and O–H groups in total. The van der Waals surface area contributed by atoms with Crippen molar-refractivity contribution in [1.82, 2.24) is 0 Å². The zero-order valence-corrected chi connectivity index (χ0v) is 13.4. The molecule has 0 atom stereocenters. The van der Waals surface area contributed by atoms with E-state index in [1.54, 1.807) is 6.07 Å². The molecule has 21 heavy (non-hydrogen) atoms. The van der Waals surface area contributed by atoms with Gasteiger partial charge in [-0.3, -0.25) is 4.79 Å². The molecule has 0 unspecified atom stereocenters. The summed E-state index contributed by atoms with van der Waals surface area (Å²) in [7, 11) is 0. The molecule has 0 aliphatic heterocycles. The summed E-state index contributed by atoms with van der Waals surface area (Å²) in [4.78, 5) is 11.8. The molecule has 0 aromatic heterocycles. The van der Waals surface area contributed by atoms with Gasteiger partial charge < -0.3 is 10.1 Å². The summed E-state index contributed by atoms with van der Waals surface area (Å²) in [5.74, 6) is -0.0650. The number of carbonyl (C=O) groups excluding carboxylic acids is 1. The Labute approximate surface area is 137 Å². The molecule has 2 rings (SSSR count). The van der Waals surface area contributed by atoms with Crippen molar-refractivity contribution in [2.24, 2.45) is 0 Å². The van der Waals surface area contributed by atoms with E-state index in [1.807, 2.05) is 25.1 Å². The Hall–Kier alpha value is -1.42. The summed E-state index contributed by atoms with van der Waals surface area (Å²) < 4.78 is 5.35. The molecule has 1 amide bonds. The van der Waals surface area contributed by atoms with E-state index < -0.39 is 0 Å². The molecule has 0 heterocycles. The first-order valence-electron chi connectivity index (χ1n) is 6.09. The average Bonchev–Trinajstić information content (AvgIpc) is 2.37. The molecule has 0 bridgehead atoms. The van der Waals surface area contributed by atoms with Crippen molar-refractivity contribution in [2.45, 2.75) is 6.92 Å². The Balaban J connectivity index is 1.99. The van der Waals surface area contributed by atoms with Gasteiger partial charge in [-0.1, -0.05) is 46.9 Å². The molecule has 0 fully saturated rings. The van der Waals surface area contributed by atoms with Crippen LogP contribution < -0.4 is 10.1 Å². The molecule has 0 radical (unpaired) electrons. The highest BCUT2D eigenvalue weighted by molar-refractivity contribution is 6.40. The molecule has 0 saturated carbocycles. The fraction of sp³-hybridized carbons (Fsp3) is 0.133. The Morgan fingerprint density at radius 3 is 2.43 bits per heavy atom. The number of nitrogens with one attached hydrogen (secondary N) is 1. The Morgan fingerprint density at radius 2 is 1.81 bits per heavy atom. The number of aryl methyl sites for hydroxylation is 1. The molecular formula is C15H12Cl3NO2. The van der Waals surface area contributed by atoms with E-state index in [9.17, 15) is 4.79 Å². The summed E-state index contributed by atoms with van der Waals surface area (Å²) in [6.07, 6.45) is 0. The topological polar surface area (TPSA) is 38.3 Å². The van der Waals surface area contributed by atoms with Gasteiger partial charge in [-0.15, -0.1) is 0 Å². The van der Waals surface area contributed by atoms with Crippen molar-refractivity contribution in [1.29, 1.82) is 0 Å². The maximum Gasteiger partial charge on any atom is 0.262 e. The Morgan fingerprint density at radius 1 is 1.14 bits per heavy atom.